The zero-order chi connectivity index (χ0) is 28.0. The van der Waals surface area contributed by atoms with Gasteiger partial charge in [0.15, 0.2) is 5.60 Å². The summed E-state index contributed by atoms with van der Waals surface area (Å²) in [7, 11) is 0. The Bertz CT molecular complexity index is 1200. The lowest BCUT2D eigenvalue weighted by Crippen LogP contribution is -2.80. The van der Waals surface area contributed by atoms with Crippen LogP contribution in [-0.4, -0.2) is 52.8 Å². The zero-order valence-corrected chi connectivity index (χ0v) is 23.6. The average Bonchev–Trinajstić information content (AvgIpc) is 3.37. The van der Waals surface area contributed by atoms with Crippen LogP contribution in [0.5, 0.6) is 0 Å². The van der Waals surface area contributed by atoms with Crippen molar-refractivity contribution in [3.8, 4) is 0 Å². The fraction of sp³-hybridized carbons (Fsp3) is 0.700. The largest absolute Gasteiger partial charge is 0.457 e. The zero-order valence-electron chi connectivity index (χ0n) is 23.6. The van der Waals surface area contributed by atoms with Crippen molar-refractivity contribution in [2.45, 2.75) is 91.6 Å². The third-order valence-electron chi connectivity index (χ3n) is 10.8. The molecule has 0 unspecified atom stereocenters. The number of fused-ring (bicyclic) bond motifs is 5. The molecule has 0 spiro atoms. The third kappa shape index (κ3) is 3.32. The number of carbonyl (C=O) groups is 3. The molecule has 5 rings (SSSR count). The van der Waals surface area contributed by atoms with Gasteiger partial charge in [0.1, 0.15) is 23.6 Å². The lowest BCUT2D eigenvalue weighted by Gasteiger charge is -2.68. The van der Waals surface area contributed by atoms with E-state index in [1.165, 1.54) is 19.3 Å². The van der Waals surface area contributed by atoms with Crippen molar-refractivity contribution in [2.75, 3.05) is 6.61 Å². The van der Waals surface area contributed by atoms with Gasteiger partial charge < -0.3 is 23.7 Å². The number of carbonyl (C=O) groups excluding carboxylic acids is 3. The molecule has 2 saturated carbocycles. The van der Waals surface area contributed by atoms with Gasteiger partial charge in [-0.05, 0) is 43.7 Å². The normalized spacial score (nSPS) is 43.7. The number of Topliss-reactive ketones (excluding diaryl/α,β-unsaturated/α-hetero) is 1. The Kier molecular flexibility index (Phi) is 6.08. The SMILES string of the molecule is CC(=O)O[C@]12CO[C@@H]1C[C@H](C)[C@@]1(C)C(=O)[C@H](C)C3=C(C)[C@@H](C)C[C@@](O)([C@@H](OC(=O)c4ccco4)[C@H]21)C3(C)C. The van der Waals surface area contributed by atoms with Crippen LogP contribution in [0.3, 0.4) is 0 Å². The number of hydrogen-bond donors (Lipinski definition) is 1. The summed E-state index contributed by atoms with van der Waals surface area (Å²) in [5.41, 5.74) is -2.83. The van der Waals surface area contributed by atoms with Crippen LogP contribution in [0.25, 0.3) is 0 Å². The Hall–Kier alpha value is -2.45. The molecule has 0 aromatic carbocycles. The Morgan fingerprint density at radius 3 is 2.39 bits per heavy atom. The Labute approximate surface area is 224 Å². The molecule has 8 nitrogen and oxygen atoms in total. The van der Waals surface area contributed by atoms with E-state index in [1.54, 1.807) is 6.07 Å². The number of ether oxygens (including phenoxy) is 3. The molecule has 4 aliphatic rings. The van der Waals surface area contributed by atoms with Crippen molar-refractivity contribution >= 4 is 17.7 Å². The summed E-state index contributed by atoms with van der Waals surface area (Å²) >= 11 is 0. The van der Waals surface area contributed by atoms with Gasteiger partial charge in [-0.15, -0.1) is 0 Å². The summed E-state index contributed by atoms with van der Waals surface area (Å²) < 4.78 is 23.7. The first-order valence-electron chi connectivity index (χ1n) is 13.7. The second-order valence-corrected chi connectivity index (χ2v) is 12.9. The molecule has 1 N–H and O–H groups in total. The van der Waals surface area contributed by atoms with Crippen LogP contribution < -0.4 is 0 Å². The van der Waals surface area contributed by atoms with E-state index < -0.39 is 58.0 Å². The predicted octanol–water partition coefficient (Wildman–Crippen LogP) is 4.50. The molecule has 0 radical (unpaired) electrons. The number of allylic oxidation sites excluding steroid dienone is 1. The first-order chi connectivity index (χ1) is 17.6. The minimum Gasteiger partial charge on any atom is -0.457 e. The van der Waals surface area contributed by atoms with Crippen LogP contribution in [0.2, 0.25) is 0 Å². The lowest BCUT2D eigenvalue weighted by atomic mass is 9.42. The number of furan rings is 1. The molecule has 208 valence electrons. The van der Waals surface area contributed by atoms with E-state index >= 15 is 0 Å². The van der Waals surface area contributed by atoms with Gasteiger partial charge in [0, 0.05) is 23.7 Å². The number of rotatable bonds is 3. The molecule has 38 heavy (non-hydrogen) atoms. The molecule has 1 aromatic rings. The molecular weight excluding hydrogens is 488 g/mol. The minimum absolute atomic E-state index is 0.00234. The molecule has 1 aliphatic heterocycles. The van der Waals surface area contributed by atoms with Gasteiger partial charge >= 0.3 is 11.9 Å². The quantitative estimate of drug-likeness (QED) is 0.451. The van der Waals surface area contributed by atoms with Gasteiger partial charge in [0.25, 0.3) is 0 Å². The van der Waals surface area contributed by atoms with Gasteiger partial charge in [-0.2, -0.15) is 0 Å². The highest BCUT2D eigenvalue weighted by atomic mass is 16.6. The molecule has 1 saturated heterocycles. The fourth-order valence-corrected chi connectivity index (χ4v) is 8.52. The van der Waals surface area contributed by atoms with Gasteiger partial charge in [-0.3, -0.25) is 9.59 Å². The molecule has 8 heteroatoms. The van der Waals surface area contributed by atoms with Crippen molar-refractivity contribution in [3.63, 3.8) is 0 Å². The van der Waals surface area contributed by atoms with E-state index in [-0.39, 0.29) is 30.0 Å². The second-order valence-electron chi connectivity index (χ2n) is 12.9. The number of esters is 2. The summed E-state index contributed by atoms with van der Waals surface area (Å²) in [5.74, 6) is -2.82. The molecule has 3 fully saturated rings. The number of aliphatic hydroxyl groups is 1. The summed E-state index contributed by atoms with van der Waals surface area (Å²) in [4.78, 5) is 40.8. The van der Waals surface area contributed by atoms with Crippen LogP contribution >= 0.6 is 0 Å². The highest BCUT2D eigenvalue weighted by Crippen LogP contribution is 2.66. The van der Waals surface area contributed by atoms with E-state index in [4.69, 9.17) is 18.6 Å². The molecular formula is C30H40O8. The smallest absolute Gasteiger partial charge is 0.374 e. The molecule has 0 amide bonds. The maximum absolute atomic E-state index is 14.7. The van der Waals surface area contributed by atoms with Crippen LogP contribution in [0.1, 0.15) is 78.8 Å². The Balaban J connectivity index is 1.82. The Morgan fingerprint density at radius 1 is 1.16 bits per heavy atom. The second kappa shape index (κ2) is 8.52. The maximum Gasteiger partial charge on any atom is 0.374 e. The highest BCUT2D eigenvalue weighted by Gasteiger charge is 2.76. The predicted molar refractivity (Wildman–Crippen MR) is 137 cm³/mol. The first kappa shape index (κ1) is 27.1. The lowest BCUT2D eigenvalue weighted by molar-refractivity contribution is -0.339. The number of hydrogen-bond acceptors (Lipinski definition) is 8. The third-order valence-corrected chi connectivity index (χ3v) is 10.8. The van der Waals surface area contributed by atoms with Gasteiger partial charge in [0.05, 0.1) is 18.8 Å². The fourth-order valence-electron chi connectivity index (χ4n) is 8.52. The Morgan fingerprint density at radius 2 is 1.84 bits per heavy atom. The summed E-state index contributed by atoms with van der Waals surface area (Å²) in [5, 5.41) is 12.9. The summed E-state index contributed by atoms with van der Waals surface area (Å²) in [6, 6.07) is 3.10. The molecule has 2 heterocycles. The molecule has 3 aliphatic carbocycles. The van der Waals surface area contributed by atoms with E-state index in [0.29, 0.717) is 12.8 Å². The molecule has 9 atom stereocenters. The van der Waals surface area contributed by atoms with Crippen molar-refractivity contribution in [3.05, 3.63) is 35.3 Å². The van der Waals surface area contributed by atoms with Gasteiger partial charge in [0.2, 0.25) is 5.76 Å². The summed E-state index contributed by atoms with van der Waals surface area (Å²) in [6.45, 7) is 15.1. The number of ketones is 1. The van der Waals surface area contributed by atoms with E-state index in [2.05, 4.69) is 0 Å². The van der Waals surface area contributed by atoms with Crippen molar-refractivity contribution in [1.29, 1.82) is 0 Å². The summed E-state index contributed by atoms with van der Waals surface area (Å²) in [6.07, 6.45) is 0.545. The van der Waals surface area contributed by atoms with Crippen LogP contribution in [0.15, 0.2) is 34.0 Å². The van der Waals surface area contributed by atoms with Crippen molar-refractivity contribution < 1.29 is 38.1 Å². The van der Waals surface area contributed by atoms with E-state index in [9.17, 15) is 19.5 Å². The maximum atomic E-state index is 14.7. The van der Waals surface area contributed by atoms with Crippen molar-refractivity contribution in [2.24, 2.45) is 34.5 Å². The topological polar surface area (TPSA) is 112 Å². The molecule has 1 aromatic heterocycles. The minimum atomic E-state index is -1.57. The average molecular weight is 529 g/mol. The monoisotopic (exact) mass is 528 g/mol. The van der Waals surface area contributed by atoms with Crippen LogP contribution in [-0.2, 0) is 23.8 Å². The first-order valence-corrected chi connectivity index (χ1v) is 13.7. The van der Waals surface area contributed by atoms with Crippen LogP contribution in [0.4, 0.5) is 0 Å². The molecule has 2 bridgehead atoms. The highest BCUT2D eigenvalue weighted by molar-refractivity contribution is 5.91. The van der Waals surface area contributed by atoms with Crippen LogP contribution in [0, 0.1) is 34.5 Å². The van der Waals surface area contributed by atoms with Crippen molar-refractivity contribution in [1.82, 2.24) is 0 Å². The van der Waals surface area contributed by atoms with Gasteiger partial charge in [-0.25, -0.2) is 4.79 Å². The van der Waals surface area contributed by atoms with Gasteiger partial charge in [-0.1, -0.05) is 52.7 Å². The van der Waals surface area contributed by atoms with E-state index in [1.807, 2.05) is 48.5 Å². The standard InChI is InChI=1S/C30H40O8/c1-15-13-30(34)25(37-26(33)20-10-9-11-35-20)23-28(8,24(32)18(4)22(17(15)3)27(30,6)7)16(2)12-21-29(23,14-36-21)38-19(5)31/h9-11,15-16,18,21,23,25,34H,12-14H2,1-8H3/t15-,16-,18+,21+,23-,25-,28+,29+,30+/m0/s1. The van der Waals surface area contributed by atoms with E-state index in [0.717, 1.165) is 11.1 Å².